The molecule has 0 bridgehead atoms. The Labute approximate surface area is 257 Å². The zero-order chi connectivity index (χ0) is 32.2. The molecule has 45 heavy (non-hydrogen) atoms. The molecule has 0 unspecified atom stereocenters. The monoisotopic (exact) mass is 636 g/mol. The number of nitrogens with zero attached hydrogens (tertiary/aromatic N) is 3. The van der Waals surface area contributed by atoms with Gasteiger partial charge in [-0.3, -0.25) is 13.9 Å². The van der Waals surface area contributed by atoms with Crippen LogP contribution in [0.15, 0.2) is 65.1 Å². The van der Waals surface area contributed by atoms with Crippen molar-refractivity contribution in [1.82, 2.24) is 14.8 Å². The number of morpholine rings is 1. The number of rotatable bonds is 6. The number of aromatic nitrogens is 1. The number of benzene rings is 3. The van der Waals surface area contributed by atoms with Crippen molar-refractivity contribution in [3.8, 4) is 11.3 Å². The van der Waals surface area contributed by atoms with Crippen molar-refractivity contribution < 1.29 is 35.9 Å². The molecule has 1 aliphatic rings. The minimum atomic E-state index is -3.77. The SMILES string of the molecule is CNC(=O)c1c(-c2ccc(F)cc2)oc2cc(N(C)S(C)(=O)=O)c([C@H]3CN(C(=O)c4cc5c(F)cccc5n4C)CCO3)cc12. The quantitative estimate of drug-likeness (QED) is 0.286. The van der Waals surface area contributed by atoms with Crippen LogP contribution in [0.1, 0.15) is 32.5 Å². The molecule has 0 spiro atoms. The van der Waals surface area contributed by atoms with Gasteiger partial charge >= 0.3 is 0 Å². The Balaban J connectivity index is 1.47. The molecule has 0 radical (unpaired) electrons. The van der Waals surface area contributed by atoms with Gasteiger partial charge in [-0.1, -0.05) is 6.07 Å². The summed E-state index contributed by atoms with van der Waals surface area (Å²) in [6.45, 7) is 0.447. The van der Waals surface area contributed by atoms with Gasteiger partial charge in [0.15, 0.2) is 0 Å². The Hall–Kier alpha value is -4.75. The summed E-state index contributed by atoms with van der Waals surface area (Å²) in [5.41, 5.74) is 2.36. The smallest absolute Gasteiger partial charge is 0.270 e. The summed E-state index contributed by atoms with van der Waals surface area (Å²) in [5.74, 6) is -1.52. The molecule has 1 atom stereocenters. The fraction of sp³-hybridized carbons (Fsp3) is 0.250. The summed E-state index contributed by atoms with van der Waals surface area (Å²) < 4.78 is 68.6. The van der Waals surface area contributed by atoms with Gasteiger partial charge in [0.05, 0.1) is 36.2 Å². The Morgan fingerprint density at radius 2 is 1.78 bits per heavy atom. The highest BCUT2D eigenvalue weighted by Crippen LogP contribution is 2.41. The van der Waals surface area contributed by atoms with Crippen LogP contribution in [-0.4, -0.2) is 69.7 Å². The van der Waals surface area contributed by atoms with Gasteiger partial charge in [0.25, 0.3) is 11.8 Å². The van der Waals surface area contributed by atoms with Gasteiger partial charge in [-0.2, -0.15) is 0 Å². The Bertz CT molecular complexity index is 2090. The minimum absolute atomic E-state index is 0.0525. The highest BCUT2D eigenvalue weighted by Gasteiger charge is 2.33. The summed E-state index contributed by atoms with van der Waals surface area (Å²) in [6.07, 6.45) is 0.263. The van der Waals surface area contributed by atoms with Crippen molar-refractivity contribution in [3.63, 3.8) is 0 Å². The number of halogens is 2. The largest absolute Gasteiger partial charge is 0.455 e. The first-order chi connectivity index (χ1) is 21.4. The number of aryl methyl sites for hydroxylation is 1. The first-order valence-corrected chi connectivity index (χ1v) is 15.9. The third kappa shape index (κ3) is 5.31. The van der Waals surface area contributed by atoms with Crippen molar-refractivity contribution in [2.75, 3.05) is 44.4 Å². The lowest BCUT2D eigenvalue weighted by atomic mass is 9.99. The molecule has 5 aromatic rings. The van der Waals surface area contributed by atoms with E-state index in [4.69, 9.17) is 9.15 Å². The molecule has 234 valence electrons. The maximum atomic E-state index is 14.5. The molecule has 2 aromatic heterocycles. The van der Waals surface area contributed by atoms with E-state index in [1.807, 2.05) is 0 Å². The number of furan rings is 1. The van der Waals surface area contributed by atoms with E-state index in [0.717, 1.165) is 10.6 Å². The van der Waals surface area contributed by atoms with Crippen molar-refractivity contribution in [2.24, 2.45) is 7.05 Å². The molecule has 1 N–H and O–H groups in total. The summed E-state index contributed by atoms with van der Waals surface area (Å²) in [4.78, 5) is 28.5. The van der Waals surface area contributed by atoms with Crippen molar-refractivity contribution in [1.29, 1.82) is 0 Å². The van der Waals surface area contributed by atoms with E-state index in [9.17, 15) is 26.8 Å². The molecule has 1 fully saturated rings. The highest BCUT2D eigenvalue weighted by molar-refractivity contribution is 7.92. The number of carbonyl (C=O) groups is 2. The number of hydrogen-bond acceptors (Lipinski definition) is 6. The predicted octanol–water partition coefficient (Wildman–Crippen LogP) is 4.84. The first kappa shape index (κ1) is 30.3. The van der Waals surface area contributed by atoms with E-state index in [0.29, 0.717) is 33.1 Å². The van der Waals surface area contributed by atoms with Crippen LogP contribution >= 0.6 is 0 Å². The van der Waals surface area contributed by atoms with E-state index < -0.39 is 33.7 Å². The van der Waals surface area contributed by atoms with E-state index in [-0.39, 0.29) is 48.2 Å². The van der Waals surface area contributed by atoms with Crippen LogP contribution in [0.3, 0.4) is 0 Å². The molecule has 0 saturated carbocycles. The molecule has 6 rings (SSSR count). The topological polar surface area (TPSA) is 114 Å². The maximum absolute atomic E-state index is 14.5. The zero-order valence-corrected chi connectivity index (χ0v) is 25.7. The molecule has 3 aromatic carbocycles. The van der Waals surface area contributed by atoms with Gasteiger partial charge < -0.3 is 23.9 Å². The van der Waals surface area contributed by atoms with Gasteiger partial charge in [0.1, 0.15) is 34.8 Å². The number of ether oxygens (including phenoxy) is 1. The summed E-state index contributed by atoms with van der Waals surface area (Å²) in [5, 5.41) is 3.32. The van der Waals surface area contributed by atoms with Gasteiger partial charge in [-0.25, -0.2) is 17.2 Å². The van der Waals surface area contributed by atoms with Crippen molar-refractivity contribution in [3.05, 3.63) is 89.1 Å². The van der Waals surface area contributed by atoms with E-state index >= 15 is 0 Å². The minimum Gasteiger partial charge on any atom is -0.455 e. The van der Waals surface area contributed by atoms with Crippen LogP contribution in [0.25, 0.3) is 33.2 Å². The van der Waals surface area contributed by atoms with Crippen LogP contribution in [0, 0.1) is 11.6 Å². The number of sulfonamides is 1. The fourth-order valence-electron chi connectivity index (χ4n) is 5.73. The Kier molecular flexibility index (Phi) is 7.61. The molecular weight excluding hydrogens is 606 g/mol. The van der Waals surface area contributed by atoms with Crippen LogP contribution in [0.4, 0.5) is 14.5 Å². The lowest BCUT2D eigenvalue weighted by molar-refractivity contribution is -0.0228. The molecule has 1 saturated heterocycles. The second-order valence-corrected chi connectivity index (χ2v) is 12.9. The van der Waals surface area contributed by atoms with Gasteiger partial charge in [-0.05, 0) is 48.5 Å². The third-order valence-corrected chi connectivity index (χ3v) is 9.38. The average molecular weight is 637 g/mol. The van der Waals surface area contributed by atoms with Crippen LogP contribution in [0.5, 0.6) is 0 Å². The van der Waals surface area contributed by atoms with Crippen molar-refractivity contribution >= 4 is 49.4 Å². The zero-order valence-electron chi connectivity index (χ0n) is 24.9. The molecular formula is C32H30F2N4O6S. The van der Waals surface area contributed by atoms with E-state index in [1.165, 1.54) is 56.6 Å². The summed E-state index contributed by atoms with van der Waals surface area (Å²) >= 11 is 0. The normalized spacial score (nSPS) is 15.5. The summed E-state index contributed by atoms with van der Waals surface area (Å²) in [6, 6.07) is 14.8. The van der Waals surface area contributed by atoms with E-state index in [2.05, 4.69) is 5.32 Å². The van der Waals surface area contributed by atoms with Gasteiger partial charge in [-0.15, -0.1) is 0 Å². The average Bonchev–Trinajstić information content (AvgIpc) is 3.57. The number of nitrogens with one attached hydrogen (secondary N) is 1. The molecule has 10 nitrogen and oxygen atoms in total. The third-order valence-electron chi connectivity index (χ3n) is 8.19. The van der Waals surface area contributed by atoms with Crippen LogP contribution in [-0.2, 0) is 21.8 Å². The predicted molar refractivity (Wildman–Crippen MR) is 166 cm³/mol. The van der Waals surface area contributed by atoms with Gasteiger partial charge in [0, 0.05) is 55.7 Å². The van der Waals surface area contributed by atoms with Crippen LogP contribution < -0.4 is 9.62 Å². The molecule has 3 heterocycles. The number of amides is 2. The Morgan fingerprint density at radius 3 is 2.44 bits per heavy atom. The standard InChI is InChI=1S/C32H30F2N4O6S/c1-35-31(39)29-22-14-21(25(37(3)45(4,41)42)16-27(22)44-30(29)18-8-10-19(33)11-9-18)28-17-38(12-13-43-28)32(40)26-15-20-23(34)6-5-7-24(20)36(26)2/h5-11,14-16,28H,12-13,17H2,1-4H3,(H,35,39)/t28-/m1/s1. The van der Waals surface area contributed by atoms with Gasteiger partial charge in [0.2, 0.25) is 10.0 Å². The molecule has 1 aliphatic heterocycles. The highest BCUT2D eigenvalue weighted by atomic mass is 32.2. The fourth-order valence-corrected chi connectivity index (χ4v) is 6.24. The first-order valence-electron chi connectivity index (χ1n) is 14.1. The molecule has 0 aliphatic carbocycles. The lowest BCUT2D eigenvalue weighted by Crippen LogP contribution is -2.43. The van der Waals surface area contributed by atoms with E-state index in [1.54, 1.807) is 34.7 Å². The summed E-state index contributed by atoms with van der Waals surface area (Å²) in [7, 11) is 0.779. The second-order valence-electron chi connectivity index (χ2n) is 10.9. The molecule has 13 heteroatoms. The number of carbonyl (C=O) groups excluding carboxylic acids is 2. The lowest BCUT2D eigenvalue weighted by Gasteiger charge is -2.35. The molecule has 2 amide bonds. The number of fused-ring (bicyclic) bond motifs is 2. The Morgan fingerprint density at radius 1 is 1.04 bits per heavy atom. The maximum Gasteiger partial charge on any atom is 0.270 e. The second kappa shape index (κ2) is 11.3. The number of hydrogen-bond donors (Lipinski definition) is 1. The number of anilines is 1. The van der Waals surface area contributed by atoms with Crippen LogP contribution in [0.2, 0.25) is 0 Å². The van der Waals surface area contributed by atoms with Crippen molar-refractivity contribution in [2.45, 2.75) is 6.10 Å².